The Kier molecular flexibility index (Phi) is 4.11. The third-order valence-corrected chi connectivity index (χ3v) is 3.35. The van der Waals surface area contributed by atoms with E-state index in [9.17, 15) is 4.79 Å². The van der Waals surface area contributed by atoms with Gasteiger partial charge in [-0.15, -0.1) is 5.11 Å². The normalized spacial score (nSPS) is 10.7. The van der Waals surface area contributed by atoms with Crippen molar-refractivity contribution < 1.29 is 0 Å². The molecule has 0 saturated heterocycles. The minimum absolute atomic E-state index is 0.0698. The van der Waals surface area contributed by atoms with E-state index >= 15 is 0 Å². The Balaban J connectivity index is 2.46. The molecule has 6 heteroatoms. The number of nitrogens with one attached hydrogen (secondary N) is 1. The molecule has 20 heavy (non-hydrogen) atoms. The van der Waals surface area contributed by atoms with Crippen molar-refractivity contribution in [3.05, 3.63) is 55.9 Å². The van der Waals surface area contributed by atoms with E-state index < -0.39 is 5.56 Å². The minimum atomic E-state index is -0.398. The molecule has 0 radical (unpaired) electrons. The Labute approximate surface area is 124 Å². The van der Waals surface area contributed by atoms with Crippen LogP contribution in [0.25, 0.3) is 0 Å². The van der Waals surface area contributed by atoms with Gasteiger partial charge in [0, 0.05) is 15.7 Å². The van der Waals surface area contributed by atoms with Crippen LogP contribution in [0.2, 0.25) is 0 Å². The predicted molar refractivity (Wildman–Crippen MR) is 79.6 cm³/mol. The van der Waals surface area contributed by atoms with Gasteiger partial charge in [-0.3, -0.25) is 4.79 Å². The van der Waals surface area contributed by atoms with Crippen LogP contribution in [-0.2, 0) is 0 Å². The molecule has 5 nitrogen and oxygen atoms in total. The molecule has 0 unspecified atom stereocenters. The summed E-state index contributed by atoms with van der Waals surface area (Å²) in [6, 6.07) is 9.24. The Bertz CT molecular complexity index is 769. The second-order valence-corrected chi connectivity index (χ2v) is 5.13. The van der Waals surface area contributed by atoms with E-state index in [4.69, 9.17) is 5.26 Å². The molecule has 0 atom stereocenters. The highest BCUT2D eigenvalue weighted by molar-refractivity contribution is 9.10. The molecule has 1 heterocycles. The maximum atomic E-state index is 11.6. The number of nitrogens with zero attached hydrogens (tertiary/aromatic N) is 3. The van der Waals surface area contributed by atoms with Crippen molar-refractivity contribution in [1.29, 1.82) is 5.26 Å². The summed E-state index contributed by atoms with van der Waals surface area (Å²) in [6.07, 6.45) is 0. The first kappa shape index (κ1) is 14.2. The number of nitriles is 1. The third-order valence-electron chi connectivity index (χ3n) is 2.82. The summed E-state index contributed by atoms with van der Waals surface area (Å²) < 4.78 is 0.958. The number of aryl methyl sites for hydroxylation is 1. The average Bonchev–Trinajstić information content (AvgIpc) is 2.40. The molecule has 0 aliphatic carbocycles. The number of rotatable bonds is 2. The quantitative estimate of drug-likeness (QED) is 0.843. The van der Waals surface area contributed by atoms with Crippen LogP contribution in [0.5, 0.6) is 0 Å². The lowest BCUT2D eigenvalue weighted by Gasteiger charge is -2.04. The highest BCUT2D eigenvalue weighted by atomic mass is 79.9. The first-order valence-electron chi connectivity index (χ1n) is 5.84. The van der Waals surface area contributed by atoms with Crippen LogP contribution < -0.4 is 5.56 Å². The molecule has 1 N–H and O–H groups in total. The molecular weight excluding hydrogens is 320 g/mol. The van der Waals surface area contributed by atoms with Gasteiger partial charge in [0.1, 0.15) is 17.3 Å². The Morgan fingerprint density at radius 3 is 2.45 bits per heavy atom. The van der Waals surface area contributed by atoms with E-state index in [-0.39, 0.29) is 5.56 Å². The number of hydrogen-bond acceptors (Lipinski definition) is 4. The van der Waals surface area contributed by atoms with E-state index in [0.717, 1.165) is 4.47 Å². The Morgan fingerprint density at radius 2 is 1.85 bits per heavy atom. The lowest BCUT2D eigenvalue weighted by atomic mass is 10.1. The highest BCUT2D eigenvalue weighted by Crippen LogP contribution is 2.25. The van der Waals surface area contributed by atoms with Gasteiger partial charge in [-0.05, 0) is 38.1 Å². The number of halogens is 1. The zero-order valence-electron chi connectivity index (χ0n) is 10.9. The summed E-state index contributed by atoms with van der Waals surface area (Å²) in [5, 5.41) is 17.2. The van der Waals surface area contributed by atoms with Gasteiger partial charge in [-0.2, -0.15) is 10.4 Å². The van der Waals surface area contributed by atoms with Gasteiger partial charge in [-0.1, -0.05) is 15.9 Å². The van der Waals surface area contributed by atoms with Gasteiger partial charge >= 0.3 is 0 Å². The maximum absolute atomic E-state index is 11.6. The SMILES string of the molecule is Cc1[nH]c(=O)c(C#N)c(C)c1N=Nc1ccc(Br)cc1. The topological polar surface area (TPSA) is 81.4 Å². The van der Waals surface area contributed by atoms with Gasteiger partial charge in [0.25, 0.3) is 5.56 Å². The molecule has 0 amide bonds. The summed E-state index contributed by atoms with van der Waals surface area (Å²) in [5.74, 6) is 0. The fraction of sp³-hybridized carbons (Fsp3) is 0.143. The summed E-state index contributed by atoms with van der Waals surface area (Å²) >= 11 is 3.34. The standard InChI is InChI=1S/C14H11BrN4O/c1-8-12(7-16)14(20)17-9(2)13(8)19-18-11-5-3-10(15)4-6-11/h3-6H,1-2H3,(H,17,20). The summed E-state index contributed by atoms with van der Waals surface area (Å²) in [7, 11) is 0. The molecule has 0 spiro atoms. The molecule has 0 bridgehead atoms. The second-order valence-electron chi connectivity index (χ2n) is 4.22. The van der Waals surface area contributed by atoms with Crippen LogP contribution in [0, 0.1) is 25.2 Å². The van der Waals surface area contributed by atoms with E-state index in [0.29, 0.717) is 22.6 Å². The van der Waals surface area contributed by atoms with Crippen molar-refractivity contribution in [3.8, 4) is 6.07 Å². The molecular formula is C14H11BrN4O. The first-order chi connectivity index (χ1) is 9.52. The minimum Gasteiger partial charge on any atom is -0.323 e. The third kappa shape index (κ3) is 2.83. The van der Waals surface area contributed by atoms with Gasteiger partial charge in [-0.25, -0.2) is 0 Å². The van der Waals surface area contributed by atoms with Crippen molar-refractivity contribution in [1.82, 2.24) is 4.98 Å². The Morgan fingerprint density at radius 1 is 1.20 bits per heavy atom. The van der Waals surface area contributed by atoms with E-state index in [2.05, 4.69) is 31.1 Å². The van der Waals surface area contributed by atoms with Crippen molar-refractivity contribution in [3.63, 3.8) is 0 Å². The zero-order valence-corrected chi connectivity index (χ0v) is 12.5. The number of azo groups is 1. The lowest BCUT2D eigenvalue weighted by Crippen LogP contribution is -2.13. The molecule has 1 aromatic carbocycles. The molecule has 100 valence electrons. The van der Waals surface area contributed by atoms with Crippen LogP contribution in [0.4, 0.5) is 11.4 Å². The smallest absolute Gasteiger partial charge is 0.266 e. The van der Waals surface area contributed by atoms with Crippen molar-refractivity contribution in [2.75, 3.05) is 0 Å². The zero-order chi connectivity index (χ0) is 14.7. The van der Waals surface area contributed by atoms with Gasteiger partial charge in [0.15, 0.2) is 0 Å². The van der Waals surface area contributed by atoms with E-state index in [1.54, 1.807) is 13.8 Å². The Hall–Kier alpha value is -2.26. The molecule has 0 aliphatic rings. The van der Waals surface area contributed by atoms with Gasteiger partial charge in [0.2, 0.25) is 0 Å². The van der Waals surface area contributed by atoms with Crippen molar-refractivity contribution in [2.24, 2.45) is 10.2 Å². The van der Waals surface area contributed by atoms with Gasteiger partial charge < -0.3 is 4.98 Å². The summed E-state index contributed by atoms with van der Waals surface area (Å²) in [4.78, 5) is 14.2. The van der Waals surface area contributed by atoms with Gasteiger partial charge in [0.05, 0.1) is 5.69 Å². The molecule has 0 saturated carbocycles. The number of pyridine rings is 1. The van der Waals surface area contributed by atoms with Crippen molar-refractivity contribution >= 4 is 27.3 Å². The highest BCUT2D eigenvalue weighted by Gasteiger charge is 2.11. The van der Waals surface area contributed by atoms with E-state index in [1.165, 1.54) is 0 Å². The number of H-pyrrole nitrogens is 1. The first-order valence-corrected chi connectivity index (χ1v) is 6.63. The number of aromatic amines is 1. The fourth-order valence-electron chi connectivity index (χ4n) is 1.76. The van der Waals surface area contributed by atoms with Crippen LogP contribution >= 0.6 is 15.9 Å². The van der Waals surface area contributed by atoms with Crippen LogP contribution in [0.3, 0.4) is 0 Å². The largest absolute Gasteiger partial charge is 0.323 e. The predicted octanol–water partition coefficient (Wildman–Crippen LogP) is 4.04. The van der Waals surface area contributed by atoms with Crippen LogP contribution in [-0.4, -0.2) is 4.98 Å². The molecule has 2 aromatic rings. The second kappa shape index (κ2) is 5.80. The fourth-order valence-corrected chi connectivity index (χ4v) is 2.03. The lowest BCUT2D eigenvalue weighted by molar-refractivity contribution is 1.07. The molecule has 0 aliphatic heterocycles. The number of aromatic nitrogens is 1. The summed E-state index contributed by atoms with van der Waals surface area (Å²) in [6.45, 7) is 3.42. The summed E-state index contributed by atoms with van der Waals surface area (Å²) in [5.41, 5.74) is 2.01. The average molecular weight is 331 g/mol. The number of hydrogen-bond donors (Lipinski definition) is 1. The number of benzene rings is 1. The molecule has 0 fully saturated rings. The van der Waals surface area contributed by atoms with Crippen LogP contribution in [0.15, 0.2) is 43.8 Å². The van der Waals surface area contributed by atoms with Crippen molar-refractivity contribution in [2.45, 2.75) is 13.8 Å². The monoisotopic (exact) mass is 330 g/mol. The maximum Gasteiger partial charge on any atom is 0.266 e. The van der Waals surface area contributed by atoms with E-state index in [1.807, 2.05) is 30.3 Å². The molecule has 2 rings (SSSR count). The van der Waals surface area contributed by atoms with Crippen LogP contribution in [0.1, 0.15) is 16.8 Å². The molecule has 1 aromatic heterocycles.